The third kappa shape index (κ3) is 2.68. The van der Waals surface area contributed by atoms with E-state index in [1.807, 2.05) is 0 Å². The van der Waals surface area contributed by atoms with E-state index < -0.39 is 15.4 Å². The third-order valence-corrected chi connectivity index (χ3v) is 6.42. The van der Waals surface area contributed by atoms with Crippen molar-refractivity contribution in [3.05, 3.63) is 0 Å². The van der Waals surface area contributed by atoms with E-state index in [4.69, 9.17) is 0 Å². The van der Waals surface area contributed by atoms with E-state index in [2.05, 4.69) is 15.8 Å². The highest BCUT2D eigenvalue weighted by Gasteiger charge is 2.42. The van der Waals surface area contributed by atoms with E-state index >= 15 is 0 Å². The maximum absolute atomic E-state index is 12.1. The molecule has 112 valence electrons. The fourth-order valence-electron chi connectivity index (χ4n) is 3.46. The van der Waals surface area contributed by atoms with Crippen LogP contribution in [-0.2, 0) is 14.6 Å². The summed E-state index contributed by atoms with van der Waals surface area (Å²) in [5.41, 5.74) is 4.97. The zero-order valence-corrected chi connectivity index (χ0v) is 12.3. The number of nitrogens with zero attached hydrogens (tertiary/aromatic N) is 1. The molecule has 7 heteroatoms. The number of amidine groups is 1. The Labute approximate surface area is 119 Å². The van der Waals surface area contributed by atoms with Crippen LogP contribution in [0.2, 0.25) is 0 Å². The summed E-state index contributed by atoms with van der Waals surface area (Å²) < 4.78 is 23.0. The van der Waals surface area contributed by atoms with Crippen molar-refractivity contribution in [2.45, 2.75) is 50.5 Å². The lowest BCUT2D eigenvalue weighted by Crippen LogP contribution is -2.58. The first-order chi connectivity index (χ1) is 9.49. The number of aliphatic imine (C=N–C) groups is 1. The molecular formula is C13H21N3O3S. The normalized spacial score (nSPS) is 31.5. The van der Waals surface area contributed by atoms with Gasteiger partial charge < -0.3 is 0 Å². The van der Waals surface area contributed by atoms with Crippen LogP contribution in [0.3, 0.4) is 0 Å². The summed E-state index contributed by atoms with van der Waals surface area (Å²) in [5, 5.41) is 0. The first-order valence-corrected chi connectivity index (χ1v) is 9.17. The molecule has 2 heterocycles. The lowest BCUT2D eigenvalue weighted by atomic mass is 9.81. The van der Waals surface area contributed by atoms with Crippen molar-refractivity contribution in [3.63, 3.8) is 0 Å². The summed E-state index contributed by atoms with van der Waals surface area (Å²) in [6.45, 7) is 0. The molecule has 1 spiro atoms. The lowest BCUT2D eigenvalue weighted by molar-refractivity contribution is -0.128. The Morgan fingerprint density at radius 2 is 1.95 bits per heavy atom. The smallest absolute Gasteiger partial charge is 0.266 e. The molecule has 1 aliphatic carbocycles. The topological polar surface area (TPSA) is 87.6 Å². The molecule has 0 aromatic heterocycles. The summed E-state index contributed by atoms with van der Waals surface area (Å²) in [6, 6.07) is 0. The molecule has 3 rings (SSSR count). The molecule has 1 atom stereocenters. The Hall–Kier alpha value is -1.11. The predicted molar refractivity (Wildman–Crippen MR) is 75.9 cm³/mol. The van der Waals surface area contributed by atoms with Gasteiger partial charge in [0.1, 0.15) is 11.4 Å². The molecule has 1 saturated heterocycles. The molecule has 0 bridgehead atoms. The summed E-state index contributed by atoms with van der Waals surface area (Å²) in [6.07, 6.45) is 6.13. The van der Waals surface area contributed by atoms with Crippen molar-refractivity contribution >= 4 is 21.6 Å². The van der Waals surface area contributed by atoms with E-state index in [9.17, 15) is 13.2 Å². The molecule has 2 N–H and O–H groups in total. The highest BCUT2D eigenvalue weighted by molar-refractivity contribution is 7.91. The van der Waals surface area contributed by atoms with E-state index in [1.165, 1.54) is 0 Å². The van der Waals surface area contributed by atoms with Gasteiger partial charge in [0.2, 0.25) is 0 Å². The molecule has 6 nitrogen and oxygen atoms in total. The van der Waals surface area contributed by atoms with Crippen LogP contribution in [-0.4, -0.2) is 37.2 Å². The minimum Gasteiger partial charge on any atom is -0.286 e. The standard InChI is InChI=1S/C13H21N3O3S/c17-12-13(5-2-1-3-6-13)14-11(15-16-12)8-10-4-7-20(18,19)9-10/h10H,1-9H2,(H,14,15)(H,16,17). The zero-order valence-electron chi connectivity index (χ0n) is 11.5. The van der Waals surface area contributed by atoms with Crippen LogP contribution in [0.4, 0.5) is 0 Å². The number of carbonyl (C=O) groups is 1. The second-order valence-electron chi connectivity index (χ2n) is 6.20. The van der Waals surface area contributed by atoms with Gasteiger partial charge in [-0.2, -0.15) is 0 Å². The van der Waals surface area contributed by atoms with Crippen LogP contribution in [0.25, 0.3) is 0 Å². The molecular weight excluding hydrogens is 278 g/mol. The van der Waals surface area contributed by atoms with Gasteiger partial charge in [-0.15, -0.1) is 0 Å². The van der Waals surface area contributed by atoms with Crippen molar-refractivity contribution in [1.82, 2.24) is 10.9 Å². The maximum atomic E-state index is 12.1. The van der Waals surface area contributed by atoms with E-state index in [0.717, 1.165) is 37.9 Å². The second-order valence-corrected chi connectivity index (χ2v) is 8.43. The Balaban J connectivity index is 1.73. The van der Waals surface area contributed by atoms with Crippen molar-refractivity contribution in [1.29, 1.82) is 0 Å². The van der Waals surface area contributed by atoms with Crippen LogP contribution < -0.4 is 10.9 Å². The number of amides is 1. The van der Waals surface area contributed by atoms with Crippen molar-refractivity contribution in [2.24, 2.45) is 10.9 Å². The maximum Gasteiger partial charge on any atom is 0.266 e. The number of nitrogens with one attached hydrogen (secondary N) is 2. The van der Waals surface area contributed by atoms with Gasteiger partial charge in [-0.05, 0) is 25.2 Å². The van der Waals surface area contributed by atoms with Crippen molar-refractivity contribution < 1.29 is 13.2 Å². The zero-order chi connectivity index (χ0) is 14.2. The molecule has 0 aromatic carbocycles. The fraction of sp³-hybridized carbons (Fsp3) is 0.846. The first kappa shape index (κ1) is 13.9. The Morgan fingerprint density at radius 3 is 2.60 bits per heavy atom. The van der Waals surface area contributed by atoms with E-state index in [1.54, 1.807) is 0 Å². The molecule has 1 unspecified atom stereocenters. The van der Waals surface area contributed by atoms with Gasteiger partial charge >= 0.3 is 0 Å². The van der Waals surface area contributed by atoms with Gasteiger partial charge in [0.05, 0.1) is 11.5 Å². The molecule has 0 radical (unpaired) electrons. The van der Waals surface area contributed by atoms with Gasteiger partial charge in [0.15, 0.2) is 9.84 Å². The Morgan fingerprint density at radius 1 is 1.20 bits per heavy atom. The average Bonchev–Trinajstić information content (AvgIpc) is 2.75. The fourth-order valence-corrected chi connectivity index (χ4v) is 5.32. The van der Waals surface area contributed by atoms with Gasteiger partial charge in [0, 0.05) is 6.42 Å². The molecule has 3 aliphatic rings. The summed E-state index contributed by atoms with van der Waals surface area (Å²) in [4.78, 5) is 16.7. The van der Waals surface area contributed by atoms with Gasteiger partial charge in [-0.25, -0.2) is 8.42 Å². The monoisotopic (exact) mass is 299 g/mol. The van der Waals surface area contributed by atoms with Crippen LogP contribution in [0.1, 0.15) is 44.9 Å². The molecule has 1 saturated carbocycles. The number of sulfone groups is 1. The minimum atomic E-state index is -2.86. The predicted octanol–water partition coefficient (Wildman–Crippen LogP) is 0.547. The van der Waals surface area contributed by atoms with Gasteiger partial charge in [-0.3, -0.25) is 20.6 Å². The average molecular weight is 299 g/mol. The summed E-state index contributed by atoms with van der Waals surface area (Å²) in [7, 11) is -2.86. The number of carbonyl (C=O) groups excluding carboxylic acids is 1. The number of rotatable bonds is 2. The van der Waals surface area contributed by atoms with Gasteiger partial charge in [0.25, 0.3) is 5.91 Å². The highest BCUT2D eigenvalue weighted by Crippen LogP contribution is 2.34. The van der Waals surface area contributed by atoms with Crippen molar-refractivity contribution in [3.8, 4) is 0 Å². The van der Waals surface area contributed by atoms with Crippen molar-refractivity contribution in [2.75, 3.05) is 11.5 Å². The van der Waals surface area contributed by atoms with E-state index in [-0.39, 0.29) is 23.3 Å². The van der Waals surface area contributed by atoms with E-state index in [0.29, 0.717) is 12.8 Å². The Bertz CT molecular complexity index is 535. The summed E-state index contributed by atoms with van der Waals surface area (Å²) in [5.74, 6) is 1.35. The van der Waals surface area contributed by atoms with Crippen LogP contribution >= 0.6 is 0 Å². The number of hydrazine groups is 1. The summed E-state index contributed by atoms with van der Waals surface area (Å²) >= 11 is 0. The second kappa shape index (κ2) is 5.02. The number of hydrogen-bond acceptors (Lipinski definition) is 5. The van der Waals surface area contributed by atoms with Crippen LogP contribution in [0, 0.1) is 5.92 Å². The molecule has 0 aromatic rings. The molecule has 2 fully saturated rings. The van der Waals surface area contributed by atoms with Crippen LogP contribution in [0.5, 0.6) is 0 Å². The third-order valence-electron chi connectivity index (χ3n) is 4.58. The number of hydrogen-bond donors (Lipinski definition) is 2. The van der Waals surface area contributed by atoms with Gasteiger partial charge in [-0.1, -0.05) is 19.3 Å². The highest BCUT2D eigenvalue weighted by atomic mass is 32.2. The van der Waals surface area contributed by atoms with Crippen LogP contribution in [0.15, 0.2) is 4.99 Å². The Kier molecular flexibility index (Phi) is 3.48. The lowest BCUT2D eigenvalue weighted by Gasteiger charge is -2.36. The largest absolute Gasteiger partial charge is 0.286 e. The molecule has 2 aliphatic heterocycles. The molecule has 20 heavy (non-hydrogen) atoms. The first-order valence-electron chi connectivity index (χ1n) is 7.35. The minimum absolute atomic E-state index is 0.0417. The molecule has 1 amide bonds. The SMILES string of the molecule is O=C1NNC(CC2CCS(=O)(=O)C2)=NC12CCCCC2. The quantitative estimate of drug-likeness (QED) is 0.779.